The molecule has 2 N–H and O–H groups in total. The van der Waals surface area contributed by atoms with Gasteiger partial charge in [0.1, 0.15) is 5.75 Å². The summed E-state index contributed by atoms with van der Waals surface area (Å²) in [6.07, 6.45) is 2.95. The van der Waals surface area contributed by atoms with Crippen molar-refractivity contribution in [3.05, 3.63) is 27.1 Å². The molecule has 2 atom stereocenters. The van der Waals surface area contributed by atoms with Gasteiger partial charge in [-0.15, -0.1) is 0 Å². The van der Waals surface area contributed by atoms with Crippen LogP contribution in [0.1, 0.15) is 19.3 Å². The van der Waals surface area contributed by atoms with Gasteiger partial charge < -0.3 is 15.2 Å². The van der Waals surface area contributed by atoms with Crippen molar-refractivity contribution in [1.29, 1.82) is 0 Å². The lowest BCUT2D eigenvalue weighted by atomic mass is 10.1. The lowest BCUT2D eigenvalue weighted by Crippen LogP contribution is -2.40. The minimum atomic E-state index is -0.148. The number of carbonyl (C=O) groups excluding carboxylic acids is 1. The monoisotopic (exact) mass is 405 g/mol. The van der Waals surface area contributed by atoms with E-state index in [4.69, 9.17) is 4.74 Å². The van der Waals surface area contributed by atoms with Gasteiger partial charge in [-0.25, -0.2) is 0 Å². The average molecular weight is 407 g/mol. The molecule has 0 aliphatic heterocycles. The first kappa shape index (κ1) is 15.8. The van der Waals surface area contributed by atoms with E-state index >= 15 is 0 Å². The fourth-order valence-electron chi connectivity index (χ4n) is 2.43. The van der Waals surface area contributed by atoms with Gasteiger partial charge in [0.05, 0.1) is 4.47 Å². The van der Waals surface area contributed by atoms with Crippen LogP contribution in [0.15, 0.2) is 27.1 Å². The normalized spacial score (nSPS) is 21.8. The van der Waals surface area contributed by atoms with E-state index in [-0.39, 0.29) is 31.1 Å². The van der Waals surface area contributed by atoms with E-state index in [2.05, 4.69) is 37.2 Å². The van der Waals surface area contributed by atoms with Gasteiger partial charge in [-0.1, -0.05) is 22.4 Å². The number of rotatable bonds is 5. The second kappa shape index (κ2) is 7.43. The molecule has 1 aromatic rings. The summed E-state index contributed by atoms with van der Waals surface area (Å²) < 4.78 is 7.23. The second-order valence-electron chi connectivity index (χ2n) is 4.91. The zero-order valence-electron chi connectivity index (χ0n) is 10.9. The summed E-state index contributed by atoms with van der Waals surface area (Å²) in [6.45, 7) is 0.110. The molecule has 1 fully saturated rings. The maximum Gasteiger partial charge on any atom is 0.258 e. The Bertz CT molecular complexity index is 481. The number of aliphatic hydroxyl groups excluding tert-OH is 1. The van der Waals surface area contributed by atoms with Crippen LogP contribution in [0.25, 0.3) is 0 Å². The largest absolute Gasteiger partial charge is 0.483 e. The number of halogens is 2. The lowest BCUT2D eigenvalue weighted by molar-refractivity contribution is -0.124. The van der Waals surface area contributed by atoms with E-state index < -0.39 is 0 Å². The highest BCUT2D eigenvalue weighted by molar-refractivity contribution is 9.11. The highest BCUT2D eigenvalue weighted by atomic mass is 79.9. The Morgan fingerprint density at radius 3 is 2.90 bits per heavy atom. The van der Waals surface area contributed by atoms with Crippen LogP contribution in [0.3, 0.4) is 0 Å². The molecule has 110 valence electrons. The van der Waals surface area contributed by atoms with E-state index in [1.165, 1.54) is 0 Å². The Balaban J connectivity index is 1.83. The van der Waals surface area contributed by atoms with Crippen molar-refractivity contribution in [1.82, 2.24) is 5.32 Å². The molecule has 0 spiro atoms. The first-order valence-corrected chi connectivity index (χ1v) is 8.17. The number of ether oxygens (including phenoxy) is 1. The van der Waals surface area contributed by atoms with Crippen molar-refractivity contribution in [3.63, 3.8) is 0 Å². The summed E-state index contributed by atoms with van der Waals surface area (Å²) in [6, 6.07) is 5.60. The number of benzene rings is 1. The fraction of sp³-hybridized carbons (Fsp3) is 0.500. The molecule has 2 unspecified atom stereocenters. The van der Waals surface area contributed by atoms with Crippen LogP contribution in [-0.2, 0) is 4.79 Å². The first-order valence-electron chi connectivity index (χ1n) is 6.58. The van der Waals surface area contributed by atoms with Gasteiger partial charge >= 0.3 is 0 Å². The van der Waals surface area contributed by atoms with Crippen molar-refractivity contribution in [2.24, 2.45) is 5.92 Å². The summed E-state index contributed by atoms with van der Waals surface area (Å²) in [7, 11) is 0. The molecule has 0 aromatic heterocycles. The minimum absolute atomic E-state index is 0.0190. The SMILES string of the molecule is O=C(COc1ccc(Br)cc1Br)NC1CCCC1CO. The quantitative estimate of drug-likeness (QED) is 0.790. The molecule has 1 aliphatic carbocycles. The van der Waals surface area contributed by atoms with Crippen LogP contribution < -0.4 is 10.1 Å². The lowest BCUT2D eigenvalue weighted by Gasteiger charge is -2.19. The van der Waals surface area contributed by atoms with Crippen LogP contribution in [0, 0.1) is 5.92 Å². The Labute approximate surface area is 135 Å². The number of carbonyl (C=O) groups is 1. The van der Waals surface area contributed by atoms with E-state index in [1.807, 2.05) is 12.1 Å². The molecule has 0 radical (unpaired) electrons. The zero-order valence-corrected chi connectivity index (χ0v) is 14.1. The average Bonchev–Trinajstić information content (AvgIpc) is 2.85. The van der Waals surface area contributed by atoms with Gasteiger partial charge in [0.25, 0.3) is 5.91 Å². The van der Waals surface area contributed by atoms with E-state index in [1.54, 1.807) is 6.07 Å². The second-order valence-corrected chi connectivity index (χ2v) is 6.68. The van der Waals surface area contributed by atoms with Gasteiger partial charge in [-0.3, -0.25) is 4.79 Å². The summed E-state index contributed by atoms with van der Waals surface area (Å²) in [4.78, 5) is 11.9. The standard InChI is InChI=1S/C14H17Br2NO3/c15-10-4-5-13(11(16)6-10)20-8-14(19)17-12-3-1-2-9(12)7-18/h4-6,9,12,18H,1-3,7-8H2,(H,17,19). The molecule has 6 heteroatoms. The number of aliphatic hydroxyl groups is 1. The number of hydrogen-bond acceptors (Lipinski definition) is 3. The molecule has 0 heterocycles. The Morgan fingerprint density at radius 2 is 2.20 bits per heavy atom. The molecular weight excluding hydrogens is 390 g/mol. The molecule has 4 nitrogen and oxygen atoms in total. The molecule has 1 aliphatic rings. The van der Waals surface area contributed by atoms with Gasteiger partial charge in [0, 0.05) is 23.0 Å². The maximum absolute atomic E-state index is 11.9. The third kappa shape index (κ3) is 4.20. The fourth-order valence-corrected chi connectivity index (χ4v) is 3.59. The van der Waals surface area contributed by atoms with E-state index in [9.17, 15) is 9.90 Å². The number of nitrogens with one attached hydrogen (secondary N) is 1. The van der Waals surface area contributed by atoms with Crippen LogP contribution in [0.4, 0.5) is 0 Å². The summed E-state index contributed by atoms with van der Waals surface area (Å²) >= 11 is 6.75. The summed E-state index contributed by atoms with van der Waals surface area (Å²) in [5.41, 5.74) is 0. The van der Waals surface area contributed by atoms with Gasteiger partial charge in [0.2, 0.25) is 0 Å². The minimum Gasteiger partial charge on any atom is -0.483 e. The highest BCUT2D eigenvalue weighted by Gasteiger charge is 2.27. The summed E-state index contributed by atoms with van der Waals surface area (Å²) in [5.74, 6) is 0.664. The van der Waals surface area contributed by atoms with Gasteiger partial charge in [-0.2, -0.15) is 0 Å². The van der Waals surface area contributed by atoms with Crippen molar-refractivity contribution in [3.8, 4) is 5.75 Å². The first-order chi connectivity index (χ1) is 9.60. The summed E-state index contributed by atoms with van der Waals surface area (Å²) in [5, 5.41) is 12.2. The predicted octanol–water partition coefficient (Wildman–Crippen LogP) is 2.87. The molecule has 20 heavy (non-hydrogen) atoms. The predicted molar refractivity (Wildman–Crippen MR) is 83.7 cm³/mol. The molecule has 1 amide bonds. The van der Waals surface area contributed by atoms with Crippen molar-refractivity contribution in [2.75, 3.05) is 13.2 Å². The van der Waals surface area contributed by atoms with Crippen molar-refractivity contribution in [2.45, 2.75) is 25.3 Å². The van der Waals surface area contributed by atoms with Gasteiger partial charge in [-0.05, 0) is 47.0 Å². The molecule has 2 rings (SSSR count). The van der Waals surface area contributed by atoms with Crippen LogP contribution >= 0.6 is 31.9 Å². The maximum atomic E-state index is 11.9. The molecule has 0 bridgehead atoms. The van der Waals surface area contributed by atoms with E-state index in [0.29, 0.717) is 5.75 Å². The zero-order chi connectivity index (χ0) is 14.5. The molecule has 0 saturated heterocycles. The third-order valence-electron chi connectivity index (χ3n) is 3.49. The van der Waals surface area contributed by atoms with Gasteiger partial charge in [0.15, 0.2) is 6.61 Å². The topological polar surface area (TPSA) is 58.6 Å². The Kier molecular flexibility index (Phi) is 5.86. The smallest absolute Gasteiger partial charge is 0.258 e. The van der Waals surface area contributed by atoms with Crippen LogP contribution in [-0.4, -0.2) is 30.3 Å². The third-order valence-corrected chi connectivity index (χ3v) is 4.61. The van der Waals surface area contributed by atoms with E-state index in [0.717, 1.165) is 28.2 Å². The molecular formula is C14H17Br2NO3. The van der Waals surface area contributed by atoms with Crippen LogP contribution in [0.2, 0.25) is 0 Å². The van der Waals surface area contributed by atoms with Crippen molar-refractivity contribution < 1.29 is 14.6 Å². The Morgan fingerprint density at radius 1 is 1.40 bits per heavy atom. The number of amides is 1. The molecule has 1 saturated carbocycles. The Hall–Kier alpha value is -0.590. The number of hydrogen-bond donors (Lipinski definition) is 2. The molecule has 1 aromatic carbocycles. The highest BCUT2D eigenvalue weighted by Crippen LogP contribution is 2.28. The van der Waals surface area contributed by atoms with Crippen LogP contribution in [0.5, 0.6) is 5.75 Å². The van der Waals surface area contributed by atoms with Crippen molar-refractivity contribution >= 4 is 37.8 Å².